The molecule has 0 aliphatic carbocycles. The van der Waals surface area contributed by atoms with Crippen LogP contribution >= 0.6 is 0 Å². The minimum absolute atomic E-state index is 0.0147. The molecule has 19 atom stereocenters. The molecule has 13 bridgehead atoms. The third-order valence-corrected chi connectivity index (χ3v) is 14.2. The molecule has 0 aromatic rings. The summed E-state index contributed by atoms with van der Waals surface area (Å²) in [5, 5.41) is 10.6. The van der Waals surface area contributed by atoms with E-state index in [2.05, 4.69) is 13.5 Å². The summed E-state index contributed by atoms with van der Waals surface area (Å²) in [5.74, 6) is -0.949. The van der Waals surface area contributed by atoms with Crippen LogP contribution in [-0.4, -0.2) is 133 Å². The van der Waals surface area contributed by atoms with Gasteiger partial charge in [-0.1, -0.05) is 13.5 Å². The molecule has 288 valence electrons. The number of carbonyl (C=O) groups is 1. The van der Waals surface area contributed by atoms with E-state index >= 15 is 0 Å². The van der Waals surface area contributed by atoms with E-state index in [4.69, 9.17) is 53.4 Å². The van der Waals surface area contributed by atoms with Gasteiger partial charge in [-0.2, -0.15) is 0 Å². The zero-order valence-electron chi connectivity index (χ0n) is 30.5. The van der Waals surface area contributed by atoms with Crippen LogP contribution in [0, 0.1) is 11.8 Å². The second-order valence-corrected chi connectivity index (χ2v) is 17.6. The van der Waals surface area contributed by atoms with Crippen LogP contribution in [0.1, 0.15) is 90.4 Å². The molecule has 0 radical (unpaired) electrons. The van der Waals surface area contributed by atoms with Crippen LogP contribution in [0.5, 0.6) is 0 Å². The zero-order valence-corrected chi connectivity index (χ0v) is 30.5. The molecular formula is C39H56N2O11. The van der Waals surface area contributed by atoms with E-state index in [1.807, 2.05) is 0 Å². The molecule has 9 fully saturated rings. The number of Topliss-reactive ketones (excluding diaryl/α,β-unsaturated/α-hetero) is 1. The van der Waals surface area contributed by atoms with Gasteiger partial charge in [-0.05, 0) is 56.4 Å². The van der Waals surface area contributed by atoms with E-state index in [0.717, 1.165) is 43.4 Å². The molecule has 12 heterocycles. The van der Waals surface area contributed by atoms with Crippen molar-refractivity contribution in [1.82, 2.24) is 0 Å². The highest BCUT2D eigenvalue weighted by Gasteiger charge is 2.73. The number of aliphatic imine (C=N–C) groups is 1. The van der Waals surface area contributed by atoms with Gasteiger partial charge in [-0.25, -0.2) is 0 Å². The van der Waals surface area contributed by atoms with Gasteiger partial charge in [-0.3, -0.25) is 9.79 Å². The molecule has 13 nitrogen and oxygen atoms in total. The second-order valence-electron chi connectivity index (χ2n) is 17.6. The van der Waals surface area contributed by atoms with Crippen molar-refractivity contribution in [3.8, 4) is 0 Å². The molecule has 9 saturated heterocycles. The largest absolute Gasteiger partial charge is 0.392 e. The Morgan fingerprint density at radius 2 is 1.75 bits per heavy atom. The van der Waals surface area contributed by atoms with Crippen molar-refractivity contribution in [1.29, 1.82) is 0 Å². The molecule has 52 heavy (non-hydrogen) atoms. The Hall–Kier alpha value is -1.36. The molecule has 8 unspecified atom stereocenters. The van der Waals surface area contributed by atoms with E-state index in [1.165, 1.54) is 0 Å². The molecule has 3 N–H and O–H groups in total. The van der Waals surface area contributed by atoms with Crippen molar-refractivity contribution in [2.45, 2.75) is 193 Å². The monoisotopic (exact) mass is 728 g/mol. The number of ketones is 1. The molecule has 12 aliphatic rings. The standard InChI is InChI=1S/C39H56N2O11/c1-18-10-23-8-9-38-16-30-34(51-38)35-36(48-30)37(52-38)39-31(49-35)7-5-24(50-39)12-20(42)13-25-27(47-29(33(25)44-3)14-21(43)17-40)15-28-32(41-39)19(2)11-22(46-28)4-6-26(18)45-23/h19,21-31,33-37,43H,1,4-17,40H2,2-3H3/t19-,21+,22?,23?,24-,25?,26?,27?,28?,29?,30-,31+,33-,34+,35+,36-,37-,38+,39?/m1/s1. The van der Waals surface area contributed by atoms with E-state index < -0.39 is 48.1 Å². The number of nitrogens with two attached hydrogens (primary N) is 1. The summed E-state index contributed by atoms with van der Waals surface area (Å²) in [4.78, 5) is 19.8. The number of carbonyl (C=O) groups excluding carboxylic acids is 1. The van der Waals surface area contributed by atoms with Crippen molar-refractivity contribution in [2.75, 3.05) is 13.7 Å². The van der Waals surface area contributed by atoms with Crippen LogP contribution in [0.3, 0.4) is 0 Å². The lowest BCUT2D eigenvalue weighted by molar-refractivity contribution is -0.330. The van der Waals surface area contributed by atoms with Gasteiger partial charge < -0.3 is 53.5 Å². The van der Waals surface area contributed by atoms with Gasteiger partial charge in [0.15, 0.2) is 5.79 Å². The Kier molecular flexibility index (Phi) is 8.85. The van der Waals surface area contributed by atoms with Crippen LogP contribution in [-0.2, 0) is 47.4 Å². The topological polar surface area (TPSA) is 159 Å². The fourth-order valence-corrected chi connectivity index (χ4v) is 11.8. The van der Waals surface area contributed by atoms with Crippen molar-refractivity contribution in [3.63, 3.8) is 0 Å². The van der Waals surface area contributed by atoms with Gasteiger partial charge in [0, 0.05) is 63.8 Å². The molecule has 12 aliphatic heterocycles. The Morgan fingerprint density at radius 3 is 2.60 bits per heavy atom. The molecule has 0 aromatic heterocycles. The number of hydrogen-bond acceptors (Lipinski definition) is 13. The lowest BCUT2D eigenvalue weighted by Crippen LogP contribution is -2.70. The van der Waals surface area contributed by atoms with Crippen LogP contribution in [0.15, 0.2) is 17.1 Å². The third kappa shape index (κ3) is 5.66. The van der Waals surface area contributed by atoms with Crippen molar-refractivity contribution >= 4 is 11.5 Å². The van der Waals surface area contributed by atoms with Gasteiger partial charge >= 0.3 is 0 Å². The van der Waals surface area contributed by atoms with Crippen LogP contribution in [0.25, 0.3) is 0 Å². The number of aliphatic hydroxyl groups excluding tert-OH is 1. The number of rotatable bonds is 4. The highest BCUT2D eigenvalue weighted by atomic mass is 16.8. The van der Waals surface area contributed by atoms with Crippen LogP contribution in [0.4, 0.5) is 0 Å². The number of hydrogen-bond donors (Lipinski definition) is 2. The SMILES string of the molecule is C=C1CC2CC[C@@]34C[C@H]5O[C@@H]6[C@@H](O[C@H]7CC[C@@H]8CC(=O)CC9C(CC%10OC(CCC1O2)C[C@@H](C)C%10=NC7(O8)[C@@H]6O3)OC(C[C@H](O)CN)[C@@H]9OC)[C@H]5O4. The van der Waals surface area contributed by atoms with E-state index in [1.54, 1.807) is 7.11 Å². The van der Waals surface area contributed by atoms with Crippen LogP contribution < -0.4 is 5.73 Å². The first-order valence-corrected chi connectivity index (χ1v) is 20.1. The molecule has 0 amide bonds. The van der Waals surface area contributed by atoms with E-state index in [9.17, 15) is 9.90 Å². The Bertz CT molecular complexity index is 1460. The fourth-order valence-electron chi connectivity index (χ4n) is 11.8. The molecule has 0 aromatic carbocycles. The molecule has 12 rings (SSSR count). The minimum Gasteiger partial charge on any atom is -0.392 e. The first kappa shape index (κ1) is 35.1. The van der Waals surface area contributed by atoms with Gasteiger partial charge in [0.2, 0.25) is 5.72 Å². The van der Waals surface area contributed by atoms with Gasteiger partial charge in [0.05, 0.1) is 61.0 Å². The highest BCUT2D eigenvalue weighted by Crippen LogP contribution is 2.58. The summed E-state index contributed by atoms with van der Waals surface area (Å²) in [6, 6.07) is 0. The number of nitrogens with zero attached hydrogens (tertiary/aromatic N) is 1. The summed E-state index contributed by atoms with van der Waals surface area (Å²) < 4.78 is 61.8. The lowest BCUT2D eigenvalue weighted by atomic mass is 9.79. The average Bonchev–Trinajstić information content (AvgIpc) is 3.78. The number of fused-ring (bicyclic) bond motifs is 5. The van der Waals surface area contributed by atoms with E-state index in [-0.39, 0.29) is 91.9 Å². The smallest absolute Gasteiger partial charge is 0.214 e. The van der Waals surface area contributed by atoms with Crippen LogP contribution in [0.2, 0.25) is 0 Å². The first-order valence-electron chi connectivity index (χ1n) is 20.1. The first-order chi connectivity index (χ1) is 25.1. The maximum atomic E-state index is 14.1. The lowest BCUT2D eigenvalue weighted by Gasteiger charge is -2.54. The maximum absolute atomic E-state index is 14.1. The average molecular weight is 729 g/mol. The predicted molar refractivity (Wildman–Crippen MR) is 184 cm³/mol. The Balaban J connectivity index is 1.09. The van der Waals surface area contributed by atoms with Crippen molar-refractivity contribution in [2.24, 2.45) is 22.6 Å². The normalized spacial score (nSPS) is 54.3. The fraction of sp³-hybridized carbons (Fsp3) is 0.897. The summed E-state index contributed by atoms with van der Waals surface area (Å²) in [5.41, 5.74) is 6.64. The zero-order chi connectivity index (χ0) is 35.5. The van der Waals surface area contributed by atoms with Gasteiger partial charge in [0.25, 0.3) is 0 Å². The summed E-state index contributed by atoms with van der Waals surface area (Å²) in [6.07, 6.45) is 3.31. The number of ether oxygens (including phenoxy) is 9. The summed E-state index contributed by atoms with van der Waals surface area (Å²) in [7, 11) is 1.66. The van der Waals surface area contributed by atoms with Crippen molar-refractivity contribution in [3.05, 3.63) is 12.2 Å². The maximum Gasteiger partial charge on any atom is 0.214 e. The van der Waals surface area contributed by atoms with E-state index in [0.29, 0.717) is 38.5 Å². The summed E-state index contributed by atoms with van der Waals surface area (Å²) >= 11 is 0. The molecule has 2 spiro atoms. The molecular weight excluding hydrogens is 672 g/mol. The quantitative estimate of drug-likeness (QED) is 0.409. The Morgan fingerprint density at radius 1 is 0.904 bits per heavy atom. The molecule has 13 heteroatoms. The second kappa shape index (κ2) is 13.1. The molecule has 0 saturated carbocycles. The number of methoxy groups -OCH3 is 1. The Labute approximate surface area is 305 Å². The minimum atomic E-state index is -1.25. The van der Waals surface area contributed by atoms with Gasteiger partial charge in [0.1, 0.15) is 36.3 Å². The highest BCUT2D eigenvalue weighted by molar-refractivity contribution is 5.92. The summed E-state index contributed by atoms with van der Waals surface area (Å²) in [6.45, 7) is 6.79. The third-order valence-electron chi connectivity index (χ3n) is 14.2. The van der Waals surface area contributed by atoms with Gasteiger partial charge in [-0.15, -0.1) is 0 Å². The predicted octanol–water partition coefficient (Wildman–Crippen LogP) is 2.66. The number of aliphatic hydroxyl groups is 1. The van der Waals surface area contributed by atoms with Crippen molar-refractivity contribution < 1.29 is 52.5 Å².